The molecule has 0 bridgehead atoms. The van der Waals surface area contributed by atoms with E-state index in [0.717, 1.165) is 12.0 Å². The van der Waals surface area contributed by atoms with Gasteiger partial charge in [0.1, 0.15) is 0 Å². The van der Waals surface area contributed by atoms with Crippen LogP contribution in [0, 0.1) is 0 Å². The molecule has 0 aliphatic carbocycles. The number of hydrogen-bond donors (Lipinski definition) is 2. The summed E-state index contributed by atoms with van der Waals surface area (Å²) in [5.41, 5.74) is 6.75. The molecule has 1 aromatic rings. The SMILES string of the molecule is CC[C@@H](O)[C@H](CN)c1ccccc1. The maximum Gasteiger partial charge on any atom is 0.0618 e. The van der Waals surface area contributed by atoms with Gasteiger partial charge in [0.25, 0.3) is 0 Å². The van der Waals surface area contributed by atoms with E-state index in [1.807, 2.05) is 37.3 Å². The first-order valence-corrected chi connectivity index (χ1v) is 4.72. The number of rotatable bonds is 4. The van der Waals surface area contributed by atoms with E-state index in [1.54, 1.807) is 0 Å². The van der Waals surface area contributed by atoms with Crippen molar-refractivity contribution in [2.24, 2.45) is 5.73 Å². The summed E-state index contributed by atoms with van der Waals surface area (Å²) >= 11 is 0. The van der Waals surface area contributed by atoms with Crippen molar-refractivity contribution in [1.29, 1.82) is 0 Å². The smallest absolute Gasteiger partial charge is 0.0618 e. The van der Waals surface area contributed by atoms with E-state index in [9.17, 15) is 5.11 Å². The van der Waals surface area contributed by atoms with Gasteiger partial charge < -0.3 is 10.8 Å². The number of benzene rings is 1. The topological polar surface area (TPSA) is 46.2 Å². The van der Waals surface area contributed by atoms with Crippen LogP contribution in [-0.4, -0.2) is 17.8 Å². The highest BCUT2D eigenvalue weighted by Crippen LogP contribution is 2.19. The second-order valence-corrected chi connectivity index (χ2v) is 3.23. The molecule has 72 valence electrons. The molecule has 0 radical (unpaired) electrons. The van der Waals surface area contributed by atoms with Gasteiger partial charge >= 0.3 is 0 Å². The van der Waals surface area contributed by atoms with Crippen molar-refractivity contribution in [3.05, 3.63) is 35.9 Å². The van der Waals surface area contributed by atoms with E-state index in [-0.39, 0.29) is 12.0 Å². The lowest BCUT2D eigenvalue weighted by molar-refractivity contribution is 0.141. The van der Waals surface area contributed by atoms with Crippen molar-refractivity contribution in [3.8, 4) is 0 Å². The maximum absolute atomic E-state index is 9.69. The molecule has 0 aliphatic heterocycles. The lowest BCUT2D eigenvalue weighted by Crippen LogP contribution is -2.25. The predicted octanol–water partition coefficient (Wildman–Crippen LogP) is 1.50. The second kappa shape index (κ2) is 5.00. The molecule has 0 fully saturated rings. The van der Waals surface area contributed by atoms with Gasteiger partial charge in [-0.05, 0) is 12.0 Å². The van der Waals surface area contributed by atoms with Crippen LogP contribution >= 0.6 is 0 Å². The summed E-state index contributed by atoms with van der Waals surface area (Å²) in [4.78, 5) is 0. The second-order valence-electron chi connectivity index (χ2n) is 3.23. The molecule has 13 heavy (non-hydrogen) atoms. The molecule has 0 heterocycles. The van der Waals surface area contributed by atoms with Crippen molar-refractivity contribution < 1.29 is 5.11 Å². The zero-order chi connectivity index (χ0) is 9.68. The van der Waals surface area contributed by atoms with E-state index in [4.69, 9.17) is 5.73 Å². The summed E-state index contributed by atoms with van der Waals surface area (Å²) in [5, 5.41) is 9.69. The molecule has 3 N–H and O–H groups in total. The molecule has 0 amide bonds. The predicted molar refractivity (Wildman–Crippen MR) is 54.5 cm³/mol. The largest absolute Gasteiger partial charge is 0.392 e. The Labute approximate surface area is 79.4 Å². The lowest BCUT2D eigenvalue weighted by atomic mass is 9.92. The van der Waals surface area contributed by atoms with E-state index in [0.29, 0.717) is 6.54 Å². The molecule has 0 saturated heterocycles. The van der Waals surface area contributed by atoms with Gasteiger partial charge in [-0.15, -0.1) is 0 Å². The van der Waals surface area contributed by atoms with Crippen molar-refractivity contribution in [2.75, 3.05) is 6.54 Å². The third-order valence-electron chi connectivity index (χ3n) is 2.36. The molecule has 0 saturated carbocycles. The third kappa shape index (κ3) is 2.54. The van der Waals surface area contributed by atoms with Crippen LogP contribution in [0.15, 0.2) is 30.3 Å². The highest BCUT2D eigenvalue weighted by molar-refractivity contribution is 5.20. The van der Waals surface area contributed by atoms with Crippen LogP contribution in [-0.2, 0) is 0 Å². The first-order chi connectivity index (χ1) is 6.29. The fraction of sp³-hybridized carbons (Fsp3) is 0.455. The number of hydrogen-bond acceptors (Lipinski definition) is 2. The monoisotopic (exact) mass is 179 g/mol. The van der Waals surface area contributed by atoms with Gasteiger partial charge in [-0.2, -0.15) is 0 Å². The van der Waals surface area contributed by atoms with Gasteiger partial charge in [0.15, 0.2) is 0 Å². The Morgan fingerprint density at radius 2 is 1.92 bits per heavy atom. The van der Waals surface area contributed by atoms with Crippen molar-refractivity contribution in [2.45, 2.75) is 25.4 Å². The molecule has 2 atom stereocenters. The van der Waals surface area contributed by atoms with Gasteiger partial charge in [-0.3, -0.25) is 0 Å². The summed E-state index contributed by atoms with van der Waals surface area (Å²) in [6.07, 6.45) is 0.420. The van der Waals surface area contributed by atoms with Crippen molar-refractivity contribution in [3.63, 3.8) is 0 Å². The molecule has 0 unspecified atom stereocenters. The van der Waals surface area contributed by atoms with Crippen LogP contribution in [0.2, 0.25) is 0 Å². The van der Waals surface area contributed by atoms with Crippen molar-refractivity contribution in [1.82, 2.24) is 0 Å². The van der Waals surface area contributed by atoms with Crippen LogP contribution < -0.4 is 5.73 Å². The molecule has 0 aromatic heterocycles. The molecule has 2 nitrogen and oxygen atoms in total. The standard InChI is InChI=1S/C11H17NO/c1-2-11(13)10(8-12)9-6-4-3-5-7-9/h3-7,10-11,13H,2,8,12H2,1H3/t10-,11-/m1/s1. The summed E-state index contributed by atoms with van der Waals surface area (Å²) in [7, 11) is 0. The van der Waals surface area contributed by atoms with Gasteiger partial charge in [0.2, 0.25) is 0 Å². The Balaban J connectivity index is 2.78. The van der Waals surface area contributed by atoms with Gasteiger partial charge in [0, 0.05) is 12.5 Å². The minimum Gasteiger partial charge on any atom is -0.392 e. The first-order valence-electron chi connectivity index (χ1n) is 4.72. The van der Waals surface area contributed by atoms with E-state index >= 15 is 0 Å². The molecule has 1 rings (SSSR count). The lowest BCUT2D eigenvalue weighted by Gasteiger charge is -2.20. The first kappa shape index (κ1) is 10.2. The summed E-state index contributed by atoms with van der Waals surface area (Å²) in [6, 6.07) is 9.93. The fourth-order valence-electron chi connectivity index (χ4n) is 1.50. The van der Waals surface area contributed by atoms with E-state index in [1.165, 1.54) is 0 Å². The number of aliphatic hydroxyl groups is 1. The molecular weight excluding hydrogens is 162 g/mol. The van der Waals surface area contributed by atoms with Crippen molar-refractivity contribution >= 4 is 0 Å². The van der Waals surface area contributed by atoms with Crippen LogP contribution in [0.1, 0.15) is 24.8 Å². The maximum atomic E-state index is 9.69. The Kier molecular flexibility index (Phi) is 3.93. The quantitative estimate of drug-likeness (QED) is 0.735. The van der Waals surface area contributed by atoms with Gasteiger partial charge in [-0.25, -0.2) is 0 Å². The molecule has 0 spiro atoms. The Morgan fingerprint density at radius 3 is 2.38 bits per heavy atom. The summed E-state index contributed by atoms with van der Waals surface area (Å²) < 4.78 is 0. The average Bonchev–Trinajstić information content (AvgIpc) is 2.20. The summed E-state index contributed by atoms with van der Waals surface area (Å²) in [5.74, 6) is 0.0752. The van der Waals surface area contributed by atoms with Crippen LogP contribution in [0.3, 0.4) is 0 Å². The zero-order valence-corrected chi connectivity index (χ0v) is 7.98. The van der Waals surface area contributed by atoms with E-state index in [2.05, 4.69) is 0 Å². The number of nitrogens with two attached hydrogens (primary N) is 1. The normalized spacial score (nSPS) is 15.3. The minimum absolute atomic E-state index is 0.0752. The molecule has 2 heteroatoms. The van der Waals surface area contributed by atoms with Gasteiger partial charge in [0.05, 0.1) is 6.10 Å². The Bertz CT molecular complexity index is 235. The van der Waals surface area contributed by atoms with E-state index < -0.39 is 0 Å². The Morgan fingerprint density at radius 1 is 1.31 bits per heavy atom. The van der Waals surface area contributed by atoms with Crippen LogP contribution in [0.4, 0.5) is 0 Å². The summed E-state index contributed by atoms with van der Waals surface area (Å²) in [6.45, 7) is 2.47. The Hall–Kier alpha value is -0.860. The minimum atomic E-state index is -0.326. The third-order valence-corrected chi connectivity index (χ3v) is 2.36. The highest BCUT2D eigenvalue weighted by Gasteiger charge is 2.17. The van der Waals surface area contributed by atoms with Crippen LogP contribution in [0.5, 0.6) is 0 Å². The average molecular weight is 179 g/mol. The fourth-order valence-corrected chi connectivity index (χ4v) is 1.50. The zero-order valence-electron chi connectivity index (χ0n) is 7.98. The van der Waals surface area contributed by atoms with Gasteiger partial charge in [-0.1, -0.05) is 37.3 Å². The highest BCUT2D eigenvalue weighted by atomic mass is 16.3. The van der Waals surface area contributed by atoms with Crippen LogP contribution in [0.25, 0.3) is 0 Å². The number of aliphatic hydroxyl groups excluding tert-OH is 1. The molecule has 1 aromatic carbocycles. The molecule has 0 aliphatic rings. The molecular formula is C11H17NO.